The molecular weight excluding hydrogens is 186 g/mol. The molecule has 0 radical (unpaired) electrons. The highest BCUT2D eigenvalue weighted by molar-refractivity contribution is 7.12. The van der Waals surface area contributed by atoms with Crippen LogP contribution in [-0.4, -0.2) is 11.1 Å². The highest BCUT2D eigenvalue weighted by atomic mass is 32.1. The maximum atomic E-state index is 10.8. The zero-order valence-electron chi connectivity index (χ0n) is 7.06. The van der Waals surface area contributed by atoms with Crippen molar-refractivity contribution in [1.82, 2.24) is 0 Å². The van der Waals surface area contributed by atoms with Crippen molar-refractivity contribution >= 4 is 17.3 Å². The number of hydrogen-bond acceptors (Lipinski definition) is 3. The number of carboxylic acid groups (broad SMARTS) is 1. The van der Waals surface area contributed by atoms with Crippen LogP contribution in [-0.2, 0) is 0 Å². The minimum absolute atomic E-state index is 0.0719. The van der Waals surface area contributed by atoms with Crippen LogP contribution in [0.15, 0.2) is 11.4 Å². The fourth-order valence-corrected chi connectivity index (χ4v) is 2.26. The standard InChI is InChI=1S/C9H11NO2S/c10-7(5-1-2-5)6-3-4-13-8(6)9(11)12/h3-5,7H,1-2,10H2,(H,11,12)/t7-/m1/s1. The number of carbonyl (C=O) groups is 1. The zero-order chi connectivity index (χ0) is 9.42. The molecule has 1 heterocycles. The smallest absolute Gasteiger partial charge is 0.346 e. The third kappa shape index (κ3) is 1.59. The van der Waals surface area contributed by atoms with Gasteiger partial charge >= 0.3 is 5.97 Å². The Morgan fingerprint density at radius 2 is 2.38 bits per heavy atom. The maximum Gasteiger partial charge on any atom is 0.346 e. The molecule has 0 amide bonds. The van der Waals surface area contributed by atoms with Crippen molar-refractivity contribution in [3.63, 3.8) is 0 Å². The summed E-state index contributed by atoms with van der Waals surface area (Å²) < 4.78 is 0. The molecule has 1 fully saturated rings. The van der Waals surface area contributed by atoms with E-state index in [1.54, 1.807) is 5.38 Å². The Morgan fingerprint density at radius 3 is 2.92 bits per heavy atom. The topological polar surface area (TPSA) is 63.3 Å². The van der Waals surface area contributed by atoms with Gasteiger partial charge in [-0.05, 0) is 35.8 Å². The Kier molecular flexibility index (Phi) is 2.09. The van der Waals surface area contributed by atoms with Crippen molar-refractivity contribution in [2.45, 2.75) is 18.9 Å². The Morgan fingerprint density at radius 1 is 1.69 bits per heavy atom. The number of thiophene rings is 1. The molecule has 1 aliphatic rings. The summed E-state index contributed by atoms with van der Waals surface area (Å²) in [7, 11) is 0. The lowest BCUT2D eigenvalue weighted by molar-refractivity contribution is 0.0700. The number of carboxylic acids is 1. The van der Waals surface area contributed by atoms with Crippen molar-refractivity contribution in [3.05, 3.63) is 21.9 Å². The zero-order valence-corrected chi connectivity index (χ0v) is 7.88. The molecule has 0 aliphatic heterocycles. The SMILES string of the molecule is N[C@@H](c1ccsc1C(=O)O)C1CC1. The van der Waals surface area contributed by atoms with Gasteiger partial charge in [-0.3, -0.25) is 0 Å². The second-order valence-electron chi connectivity index (χ2n) is 3.37. The monoisotopic (exact) mass is 197 g/mol. The first-order chi connectivity index (χ1) is 6.20. The van der Waals surface area contributed by atoms with Crippen molar-refractivity contribution in [1.29, 1.82) is 0 Å². The van der Waals surface area contributed by atoms with Crippen LogP contribution in [0.4, 0.5) is 0 Å². The van der Waals surface area contributed by atoms with Gasteiger partial charge in [0.15, 0.2) is 0 Å². The van der Waals surface area contributed by atoms with Gasteiger partial charge in [0.25, 0.3) is 0 Å². The van der Waals surface area contributed by atoms with Crippen LogP contribution in [0.25, 0.3) is 0 Å². The summed E-state index contributed by atoms with van der Waals surface area (Å²) in [6, 6.07) is 1.76. The Balaban J connectivity index is 2.27. The molecule has 1 atom stereocenters. The van der Waals surface area contributed by atoms with E-state index in [1.807, 2.05) is 6.07 Å². The fourth-order valence-electron chi connectivity index (χ4n) is 1.46. The van der Waals surface area contributed by atoms with Crippen LogP contribution < -0.4 is 5.73 Å². The molecule has 4 heteroatoms. The minimum atomic E-state index is -0.860. The average Bonchev–Trinajstić information content (AvgIpc) is 2.80. The van der Waals surface area contributed by atoms with Gasteiger partial charge in [-0.15, -0.1) is 11.3 Å². The molecular formula is C9H11NO2S. The van der Waals surface area contributed by atoms with Gasteiger partial charge in [0.05, 0.1) is 0 Å². The van der Waals surface area contributed by atoms with Crippen molar-refractivity contribution in [2.24, 2.45) is 11.7 Å². The van der Waals surface area contributed by atoms with Gasteiger partial charge in [-0.1, -0.05) is 0 Å². The number of aromatic carboxylic acids is 1. The lowest BCUT2D eigenvalue weighted by Gasteiger charge is -2.08. The summed E-state index contributed by atoms with van der Waals surface area (Å²) in [6.45, 7) is 0. The summed E-state index contributed by atoms with van der Waals surface area (Å²) in [4.78, 5) is 11.2. The van der Waals surface area contributed by atoms with Gasteiger partial charge < -0.3 is 10.8 Å². The second kappa shape index (κ2) is 3.12. The predicted molar refractivity (Wildman–Crippen MR) is 50.9 cm³/mol. The van der Waals surface area contributed by atoms with Gasteiger partial charge in [0.1, 0.15) is 4.88 Å². The van der Waals surface area contributed by atoms with E-state index in [-0.39, 0.29) is 6.04 Å². The van der Waals surface area contributed by atoms with Crippen LogP contribution in [0, 0.1) is 5.92 Å². The summed E-state index contributed by atoms with van der Waals surface area (Å²) >= 11 is 1.25. The average molecular weight is 197 g/mol. The number of nitrogens with two attached hydrogens (primary N) is 1. The summed E-state index contributed by atoms with van der Waals surface area (Å²) in [5.74, 6) is -0.353. The lowest BCUT2D eigenvalue weighted by Crippen LogP contribution is -2.14. The molecule has 0 aromatic carbocycles. The van der Waals surface area contributed by atoms with Crippen LogP contribution >= 0.6 is 11.3 Å². The molecule has 0 saturated heterocycles. The molecule has 0 bridgehead atoms. The first kappa shape index (κ1) is 8.72. The van der Waals surface area contributed by atoms with E-state index in [1.165, 1.54) is 11.3 Å². The third-order valence-corrected chi connectivity index (χ3v) is 3.30. The van der Waals surface area contributed by atoms with Crippen molar-refractivity contribution < 1.29 is 9.90 Å². The molecule has 2 rings (SSSR count). The van der Waals surface area contributed by atoms with E-state index in [2.05, 4.69) is 0 Å². The Labute approximate surface area is 80.2 Å². The van der Waals surface area contributed by atoms with Crippen LogP contribution in [0.1, 0.15) is 34.1 Å². The van der Waals surface area contributed by atoms with E-state index >= 15 is 0 Å². The molecule has 3 N–H and O–H groups in total. The van der Waals surface area contributed by atoms with E-state index in [0.29, 0.717) is 10.8 Å². The van der Waals surface area contributed by atoms with E-state index in [0.717, 1.165) is 18.4 Å². The second-order valence-corrected chi connectivity index (χ2v) is 4.29. The lowest BCUT2D eigenvalue weighted by atomic mass is 10.0. The van der Waals surface area contributed by atoms with E-state index in [4.69, 9.17) is 10.8 Å². The van der Waals surface area contributed by atoms with Gasteiger partial charge in [0.2, 0.25) is 0 Å². The van der Waals surface area contributed by atoms with Crippen LogP contribution in [0.5, 0.6) is 0 Å². The number of rotatable bonds is 3. The largest absolute Gasteiger partial charge is 0.477 e. The van der Waals surface area contributed by atoms with Crippen LogP contribution in [0.2, 0.25) is 0 Å². The van der Waals surface area contributed by atoms with Gasteiger partial charge in [0, 0.05) is 6.04 Å². The molecule has 0 spiro atoms. The highest BCUT2D eigenvalue weighted by Crippen LogP contribution is 2.41. The van der Waals surface area contributed by atoms with E-state index in [9.17, 15) is 4.79 Å². The van der Waals surface area contributed by atoms with E-state index < -0.39 is 5.97 Å². The van der Waals surface area contributed by atoms with Gasteiger partial charge in [-0.2, -0.15) is 0 Å². The quantitative estimate of drug-likeness (QED) is 0.777. The Bertz CT molecular complexity index is 330. The molecule has 1 aromatic heterocycles. The number of hydrogen-bond donors (Lipinski definition) is 2. The predicted octanol–water partition coefficient (Wildman–Crippen LogP) is 1.86. The summed E-state index contributed by atoms with van der Waals surface area (Å²) in [5, 5.41) is 10.7. The van der Waals surface area contributed by atoms with Crippen molar-refractivity contribution in [3.8, 4) is 0 Å². The van der Waals surface area contributed by atoms with Gasteiger partial charge in [-0.25, -0.2) is 4.79 Å². The molecule has 1 aromatic rings. The summed E-state index contributed by atoms with van der Waals surface area (Å²) in [5.41, 5.74) is 6.73. The normalized spacial score (nSPS) is 18.5. The highest BCUT2D eigenvalue weighted by Gasteiger charge is 2.32. The molecule has 1 aliphatic carbocycles. The molecule has 13 heavy (non-hydrogen) atoms. The summed E-state index contributed by atoms with van der Waals surface area (Å²) in [6.07, 6.45) is 2.27. The first-order valence-electron chi connectivity index (χ1n) is 4.26. The Hall–Kier alpha value is -0.870. The first-order valence-corrected chi connectivity index (χ1v) is 5.14. The molecule has 70 valence electrons. The minimum Gasteiger partial charge on any atom is -0.477 e. The molecule has 3 nitrogen and oxygen atoms in total. The maximum absolute atomic E-state index is 10.8. The third-order valence-electron chi connectivity index (χ3n) is 2.38. The van der Waals surface area contributed by atoms with Crippen LogP contribution in [0.3, 0.4) is 0 Å². The van der Waals surface area contributed by atoms with Crippen molar-refractivity contribution in [2.75, 3.05) is 0 Å². The molecule has 0 unspecified atom stereocenters. The fraction of sp³-hybridized carbons (Fsp3) is 0.444. The molecule has 1 saturated carbocycles.